The third-order valence-corrected chi connectivity index (χ3v) is 3.89. The summed E-state index contributed by atoms with van der Waals surface area (Å²) in [6, 6.07) is 7.74. The van der Waals surface area contributed by atoms with Crippen LogP contribution >= 0.6 is 0 Å². The lowest BCUT2D eigenvalue weighted by atomic mass is 9.99. The number of nitrogens with zero attached hydrogens (tertiary/aromatic N) is 2. The molecule has 0 aliphatic heterocycles. The van der Waals surface area contributed by atoms with Crippen molar-refractivity contribution in [3.63, 3.8) is 0 Å². The zero-order valence-corrected chi connectivity index (χ0v) is 14.6. The number of alkyl halides is 3. The summed E-state index contributed by atoms with van der Waals surface area (Å²) >= 11 is 0. The number of aromatic amines is 1. The van der Waals surface area contributed by atoms with Gasteiger partial charge < -0.3 is 10.4 Å². The van der Waals surface area contributed by atoms with Crippen LogP contribution in [-0.2, 0) is 6.18 Å². The predicted octanol–water partition coefficient (Wildman–Crippen LogP) is 3.43. The van der Waals surface area contributed by atoms with Crippen LogP contribution in [0.4, 0.5) is 23.8 Å². The highest BCUT2D eigenvalue weighted by atomic mass is 19.4. The van der Waals surface area contributed by atoms with Gasteiger partial charge in [-0.15, -0.1) is 0 Å². The Kier molecular flexibility index (Phi) is 5.48. The number of carbonyl (C=O) groups is 2. The fraction of sp³-hybridized carbons (Fsp3) is 0.111. The van der Waals surface area contributed by atoms with Gasteiger partial charge in [0.1, 0.15) is 11.5 Å². The molecule has 29 heavy (non-hydrogen) atoms. The zero-order chi connectivity index (χ0) is 21.0. The molecule has 0 saturated heterocycles. The second-order valence-corrected chi connectivity index (χ2v) is 5.90. The monoisotopic (exact) mass is 405 g/mol. The van der Waals surface area contributed by atoms with Crippen molar-refractivity contribution in [2.45, 2.75) is 12.2 Å². The molecule has 0 radical (unpaired) electrons. The number of rotatable bonds is 5. The van der Waals surface area contributed by atoms with Gasteiger partial charge in [0.25, 0.3) is 5.91 Å². The number of H-pyrrole nitrogens is 1. The third-order valence-electron chi connectivity index (χ3n) is 3.89. The second-order valence-electron chi connectivity index (χ2n) is 5.90. The summed E-state index contributed by atoms with van der Waals surface area (Å²) in [4.78, 5) is 27.3. The molecule has 2 heterocycles. The summed E-state index contributed by atoms with van der Waals surface area (Å²) in [6.07, 6.45) is -3.07. The number of amides is 2. The van der Waals surface area contributed by atoms with Gasteiger partial charge in [0, 0.05) is 11.8 Å². The lowest BCUT2D eigenvalue weighted by Gasteiger charge is -2.19. The molecule has 4 N–H and O–H groups in total. The largest absolute Gasteiger partial charge is 0.465 e. The van der Waals surface area contributed by atoms with Gasteiger partial charge in [-0.1, -0.05) is 18.2 Å². The van der Waals surface area contributed by atoms with E-state index in [2.05, 4.69) is 20.5 Å². The first-order valence-corrected chi connectivity index (χ1v) is 8.18. The summed E-state index contributed by atoms with van der Waals surface area (Å²) in [5, 5.41) is 19.7. The van der Waals surface area contributed by atoms with E-state index < -0.39 is 29.8 Å². The van der Waals surface area contributed by atoms with Crippen LogP contribution in [0.3, 0.4) is 0 Å². The molecule has 150 valence electrons. The fourth-order valence-electron chi connectivity index (χ4n) is 2.62. The summed E-state index contributed by atoms with van der Waals surface area (Å²) in [5.74, 6) is -0.772. The molecule has 0 saturated carbocycles. The van der Waals surface area contributed by atoms with Gasteiger partial charge in [0.05, 0.1) is 17.8 Å². The van der Waals surface area contributed by atoms with Crippen molar-refractivity contribution >= 4 is 17.8 Å². The van der Waals surface area contributed by atoms with Crippen molar-refractivity contribution in [1.82, 2.24) is 20.5 Å². The van der Waals surface area contributed by atoms with Crippen LogP contribution in [0.25, 0.3) is 0 Å². The van der Waals surface area contributed by atoms with Crippen molar-refractivity contribution in [3.8, 4) is 0 Å². The SMILES string of the molecule is O=C(O)Nc1cccc(C(=O)NC(c2cn[nH]c2)c2cccc(C(F)(F)F)c2)n1. The molecular weight excluding hydrogens is 391 g/mol. The van der Waals surface area contributed by atoms with Crippen LogP contribution in [0.15, 0.2) is 54.9 Å². The van der Waals surface area contributed by atoms with Gasteiger partial charge in [-0.2, -0.15) is 18.3 Å². The first-order valence-electron chi connectivity index (χ1n) is 8.18. The van der Waals surface area contributed by atoms with Crippen LogP contribution in [0.2, 0.25) is 0 Å². The van der Waals surface area contributed by atoms with Crippen LogP contribution in [0.5, 0.6) is 0 Å². The molecule has 1 aromatic carbocycles. The van der Waals surface area contributed by atoms with E-state index in [4.69, 9.17) is 5.11 Å². The zero-order valence-electron chi connectivity index (χ0n) is 14.6. The van der Waals surface area contributed by atoms with E-state index in [1.807, 2.05) is 5.32 Å². The molecule has 0 aliphatic carbocycles. The highest BCUT2D eigenvalue weighted by Gasteiger charge is 2.31. The Hall–Kier alpha value is -3.89. The number of aromatic nitrogens is 3. The Balaban J connectivity index is 1.92. The fourth-order valence-corrected chi connectivity index (χ4v) is 2.62. The predicted molar refractivity (Wildman–Crippen MR) is 95.2 cm³/mol. The topological polar surface area (TPSA) is 120 Å². The Morgan fingerprint density at radius 1 is 1.10 bits per heavy atom. The molecule has 8 nitrogen and oxygen atoms in total. The standard InChI is InChI=1S/C18H14F3N5O3/c19-18(20,21)12-4-1-3-10(7-12)15(11-8-22-23-9-11)26-16(27)13-5-2-6-14(24-13)25-17(28)29/h1-9,15H,(H,22,23)(H,24,25)(H,26,27)(H,28,29). The smallest absolute Gasteiger partial charge is 0.416 e. The molecule has 2 amide bonds. The van der Waals surface area contributed by atoms with Gasteiger partial charge in [0.2, 0.25) is 0 Å². The molecule has 0 fully saturated rings. The van der Waals surface area contributed by atoms with Crippen molar-refractivity contribution in [3.05, 3.63) is 77.2 Å². The molecule has 0 spiro atoms. The van der Waals surface area contributed by atoms with Gasteiger partial charge in [0.15, 0.2) is 0 Å². The minimum atomic E-state index is -4.54. The highest BCUT2D eigenvalue weighted by molar-refractivity contribution is 5.93. The first kappa shape index (κ1) is 19.9. The van der Waals surface area contributed by atoms with Crippen molar-refractivity contribution in [2.24, 2.45) is 0 Å². The minimum absolute atomic E-state index is 0.0657. The van der Waals surface area contributed by atoms with E-state index in [9.17, 15) is 22.8 Å². The third kappa shape index (κ3) is 4.89. The van der Waals surface area contributed by atoms with Crippen LogP contribution in [0, 0.1) is 0 Å². The highest BCUT2D eigenvalue weighted by Crippen LogP contribution is 2.32. The summed E-state index contributed by atoms with van der Waals surface area (Å²) < 4.78 is 39.2. The molecule has 0 aliphatic rings. The lowest BCUT2D eigenvalue weighted by Crippen LogP contribution is -2.30. The van der Waals surface area contributed by atoms with Gasteiger partial charge >= 0.3 is 12.3 Å². The van der Waals surface area contributed by atoms with Crippen LogP contribution in [0.1, 0.15) is 33.2 Å². The maximum Gasteiger partial charge on any atom is 0.416 e. The molecule has 1 unspecified atom stereocenters. The van der Waals surface area contributed by atoms with Gasteiger partial charge in [-0.25, -0.2) is 9.78 Å². The average Bonchev–Trinajstić information content (AvgIpc) is 3.19. The normalized spacial score (nSPS) is 12.2. The van der Waals surface area contributed by atoms with E-state index in [0.29, 0.717) is 5.56 Å². The Labute approximate surface area is 161 Å². The molecule has 0 bridgehead atoms. The number of hydrogen-bond acceptors (Lipinski definition) is 4. The maximum absolute atomic E-state index is 13.1. The minimum Gasteiger partial charge on any atom is -0.465 e. The molecule has 3 aromatic rings. The Bertz CT molecular complexity index is 1020. The van der Waals surface area contributed by atoms with Crippen molar-refractivity contribution in [1.29, 1.82) is 0 Å². The molecular formula is C18H14F3N5O3. The van der Waals surface area contributed by atoms with Gasteiger partial charge in [-0.05, 0) is 29.8 Å². The number of halogens is 3. The maximum atomic E-state index is 13.1. The Morgan fingerprint density at radius 2 is 1.86 bits per heavy atom. The molecule has 1 atom stereocenters. The quantitative estimate of drug-likeness (QED) is 0.518. The molecule has 3 rings (SSSR count). The molecule has 2 aromatic heterocycles. The van der Waals surface area contributed by atoms with Crippen LogP contribution < -0.4 is 10.6 Å². The first-order chi connectivity index (χ1) is 13.7. The summed E-state index contributed by atoms with van der Waals surface area (Å²) in [6.45, 7) is 0. The lowest BCUT2D eigenvalue weighted by molar-refractivity contribution is -0.137. The summed E-state index contributed by atoms with van der Waals surface area (Å²) in [5.41, 5.74) is -0.355. The van der Waals surface area contributed by atoms with Crippen molar-refractivity contribution < 1.29 is 27.9 Å². The van der Waals surface area contributed by atoms with E-state index in [-0.39, 0.29) is 17.1 Å². The number of hydrogen-bond donors (Lipinski definition) is 4. The second kappa shape index (κ2) is 8.00. The summed E-state index contributed by atoms with van der Waals surface area (Å²) in [7, 11) is 0. The number of benzene rings is 1. The average molecular weight is 405 g/mol. The number of anilines is 1. The van der Waals surface area contributed by atoms with Crippen LogP contribution in [-0.4, -0.2) is 32.3 Å². The number of carboxylic acid groups (broad SMARTS) is 1. The number of carbonyl (C=O) groups excluding carboxylic acids is 1. The van der Waals surface area contributed by atoms with E-state index >= 15 is 0 Å². The van der Waals surface area contributed by atoms with Gasteiger partial charge in [-0.3, -0.25) is 15.2 Å². The van der Waals surface area contributed by atoms with E-state index in [1.54, 1.807) is 0 Å². The van der Waals surface area contributed by atoms with E-state index in [1.165, 1.54) is 42.7 Å². The Morgan fingerprint density at radius 3 is 2.52 bits per heavy atom. The number of nitrogens with one attached hydrogen (secondary N) is 3. The van der Waals surface area contributed by atoms with E-state index in [0.717, 1.165) is 12.1 Å². The number of pyridine rings is 1. The molecule has 11 heteroatoms. The van der Waals surface area contributed by atoms with Crippen molar-refractivity contribution in [2.75, 3.05) is 5.32 Å².